The van der Waals surface area contributed by atoms with Crippen LogP contribution in [0.2, 0.25) is 0 Å². The zero-order valence-electron chi connectivity index (χ0n) is 28.9. The third-order valence-corrected chi connectivity index (χ3v) is 9.30. The quantitative estimate of drug-likeness (QED) is 0.164. The van der Waals surface area contributed by atoms with Gasteiger partial charge in [-0.3, -0.25) is 9.59 Å². The summed E-state index contributed by atoms with van der Waals surface area (Å²) in [6, 6.07) is 12.6. The van der Waals surface area contributed by atoms with Crippen molar-refractivity contribution in [2.75, 3.05) is 43.7 Å². The van der Waals surface area contributed by atoms with Crippen molar-refractivity contribution >= 4 is 42.6 Å². The van der Waals surface area contributed by atoms with E-state index in [1.165, 1.54) is 0 Å². The van der Waals surface area contributed by atoms with Crippen LogP contribution >= 0.6 is 8.60 Å². The van der Waals surface area contributed by atoms with Gasteiger partial charge < -0.3 is 43.6 Å². The van der Waals surface area contributed by atoms with Crippen molar-refractivity contribution in [2.24, 2.45) is 0 Å². The first-order valence-corrected chi connectivity index (χ1v) is 18.2. The largest absolute Gasteiger partial charge is 0.493 e. The monoisotopic (exact) mass is 683 g/mol. The minimum Gasteiger partial charge on any atom is -0.493 e. The second-order valence-electron chi connectivity index (χ2n) is 11.5. The lowest BCUT2D eigenvalue weighted by Gasteiger charge is -2.31. The standard InChI is InChI=1S/C32H38N3O8P.2C2H6/c1-33-25-18-29(28(41-2)17-23(25)31(37)35-14-8-11-24(35)32(33)38)42-16-7-3-4-12-30(36)34-15-13-21-20-9-5-6-10-22(20)27(19-26(21)34)43-44(39)40;2*1-2/h5-6,9-10,17-19,24,32,38-40H,3-4,7-8,11-16H2,1-2H3;2*1-2H3/t24-,32?;;/m0../s1. The molecule has 12 heteroatoms. The normalized spacial score (nSPS) is 17.9. The van der Waals surface area contributed by atoms with Crippen LogP contribution < -0.4 is 23.8 Å². The molecule has 0 aliphatic carbocycles. The summed E-state index contributed by atoms with van der Waals surface area (Å²) in [7, 11) is 0.743. The first-order chi connectivity index (χ1) is 23.3. The molecule has 3 aromatic rings. The number of carbonyl (C=O) groups is 2. The molecule has 0 spiro atoms. The third kappa shape index (κ3) is 7.65. The highest BCUT2D eigenvalue weighted by atomic mass is 31.2. The molecule has 2 amide bonds. The summed E-state index contributed by atoms with van der Waals surface area (Å²) in [6.07, 6.45) is 4.11. The lowest BCUT2D eigenvalue weighted by Crippen LogP contribution is -2.47. The number of benzene rings is 3. The SMILES string of the molecule is CC.CC.COc1cc2c(cc1OCCCCCC(=O)N1CCc3c1cc(OP(O)O)c1ccccc31)N(C)C(O)[C@@H]1CCCN1C2=O. The van der Waals surface area contributed by atoms with E-state index in [1.54, 1.807) is 47.1 Å². The zero-order chi connectivity index (χ0) is 35.0. The number of hydrogen-bond acceptors (Lipinski definition) is 9. The fourth-order valence-corrected chi connectivity index (χ4v) is 7.05. The lowest BCUT2D eigenvalue weighted by atomic mass is 10.0. The molecule has 262 valence electrons. The third-order valence-electron chi connectivity index (χ3n) is 8.94. The summed E-state index contributed by atoms with van der Waals surface area (Å²) in [5.74, 6) is 1.23. The van der Waals surface area contributed by atoms with Gasteiger partial charge in [0.25, 0.3) is 5.91 Å². The molecule has 0 bridgehead atoms. The topological polar surface area (TPSA) is 132 Å². The lowest BCUT2D eigenvalue weighted by molar-refractivity contribution is -0.118. The van der Waals surface area contributed by atoms with Crippen molar-refractivity contribution in [3.8, 4) is 17.2 Å². The molecule has 0 aromatic heterocycles. The molecule has 11 nitrogen and oxygen atoms in total. The molecule has 3 aromatic carbocycles. The molecular formula is C36H50N3O8P. The van der Waals surface area contributed by atoms with Gasteiger partial charge in [0, 0.05) is 44.1 Å². The van der Waals surface area contributed by atoms with Crippen LogP contribution in [0, 0.1) is 0 Å². The van der Waals surface area contributed by atoms with Gasteiger partial charge in [0.05, 0.1) is 36.7 Å². The maximum atomic E-state index is 13.3. The van der Waals surface area contributed by atoms with Crippen molar-refractivity contribution in [3.05, 3.63) is 53.6 Å². The summed E-state index contributed by atoms with van der Waals surface area (Å²) in [4.78, 5) is 50.7. The molecule has 2 atom stereocenters. The van der Waals surface area contributed by atoms with Gasteiger partial charge >= 0.3 is 8.60 Å². The number of nitrogens with zero attached hydrogens (tertiary/aromatic N) is 3. The maximum absolute atomic E-state index is 13.3. The molecule has 3 aliphatic rings. The van der Waals surface area contributed by atoms with Crippen LogP contribution in [0.4, 0.5) is 11.4 Å². The van der Waals surface area contributed by atoms with Gasteiger partial charge in [-0.05, 0) is 55.5 Å². The summed E-state index contributed by atoms with van der Waals surface area (Å²) in [5.41, 5.74) is 2.92. The van der Waals surface area contributed by atoms with E-state index in [-0.39, 0.29) is 17.9 Å². The average molecular weight is 684 g/mol. The van der Waals surface area contributed by atoms with Crippen LogP contribution in [0.25, 0.3) is 10.8 Å². The van der Waals surface area contributed by atoms with Crippen molar-refractivity contribution in [1.29, 1.82) is 0 Å². The summed E-state index contributed by atoms with van der Waals surface area (Å²) < 4.78 is 17.0. The number of fused-ring (bicyclic) bond motifs is 5. The molecule has 3 heterocycles. The number of rotatable bonds is 10. The second-order valence-corrected chi connectivity index (χ2v) is 12.2. The van der Waals surface area contributed by atoms with E-state index in [9.17, 15) is 24.5 Å². The van der Waals surface area contributed by atoms with E-state index in [4.69, 9.17) is 14.0 Å². The van der Waals surface area contributed by atoms with E-state index in [2.05, 4.69) is 0 Å². The Labute approximate surface area is 285 Å². The Bertz CT molecular complexity index is 1570. The fraction of sp³-hybridized carbons (Fsp3) is 0.500. The van der Waals surface area contributed by atoms with E-state index in [1.807, 2.05) is 52.0 Å². The molecule has 1 fully saturated rings. The number of aliphatic hydroxyl groups is 1. The van der Waals surface area contributed by atoms with E-state index < -0.39 is 14.8 Å². The fourth-order valence-electron chi connectivity index (χ4n) is 6.73. The minimum atomic E-state index is -2.59. The Balaban J connectivity index is 0.00000125. The Kier molecular flexibility index (Phi) is 13.3. The number of ether oxygens (including phenoxy) is 2. The van der Waals surface area contributed by atoms with Gasteiger partial charge in [-0.2, -0.15) is 0 Å². The highest BCUT2D eigenvalue weighted by Gasteiger charge is 2.41. The van der Waals surface area contributed by atoms with Crippen molar-refractivity contribution in [2.45, 2.75) is 84.9 Å². The van der Waals surface area contributed by atoms with Gasteiger partial charge in [-0.25, -0.2) is 0 Å². The van der Waals surface area contributed by atoms with Gasteiger partial charge in [0.15, 0.2) is 11.5 Å². The molecule has 1 unspecified atom stereocenters. The molecule has 0 saturated carbocycles. The van der Waals surface area contributed by atoms with Gasteiger partial charge in [0.2, 0.25) is 5.91 Å². The minimum absolute atomic E-state index is 0.0142. The summed E-state index contributed by atoms with van der Waals surface area (Å²) in [5, 5.41) is 12.7. The molecule has 3 N–H and O–H groups in total. The number of methoxy groups -OCH3 is 1. The van der Waals surface area contributed by atoms with Crippen molar-refractivity contribution < 1.29 is 38.5 Å². The number of amides is 2. The predicted octanol–water partition coefficient (Wildman–Crippen LogP) is 6.39. The molecule has 48 heavy (non-hydrogen) atoms. The van der Waals surface area contributed by atoms with Crippen LogP contribution in [0.3, 0.4) is 0 Å². The molecular weight excluding hydrogens is 633 g/mol. The highest BCUT2D eigenvalue weighted by molar-refractivity contribution is 7.39. The first kappa shape index (κ1) is 37.2. The zero-order valence-corrected chi connectivity index (χ0v) is 29.8. The van der Waals surface area contributed by atoms with Crippen LogP contribution in [0.5, 0.6) is 17.2 Å². The number of unbranched alkanes of at least 4 members (excludes halogenated alkanes) is 2. The van der Waals surface area contributed by atoms with Gasteiger partial charge in [0.1, 0.15) is 12.0 Å². The Morgan fingerprint density at radius 1 is 0.938 bits per heavy atom. The van der Waals surface area contributed by atoms with E-state index >= 15 is 0 Å². The van der Waals surface area contributed by atoms with Crippen LogP contribution in [-0.4, -0.2) is 77.7 Å². The number of aliphatic hydroxyl groups excluding tert-OH is 1. The van der Waals surface area contributed by atoms with Crippen molar-refractivity contribution in [1.82, 2.24) is 4.90 Å². The Morgan fingerprint density at radius 3 is 2.35 bits per heavy atom. The first-order valence-electron chi connectivity index (χ1n) is 17.1. The summed E-state index contributed by atoms with van der Waals surface area (Å²) >= 11 is 0. The predicted molar refractivity (Wildman–Crippen MR) is 190 cm³/mol. The molecule has 1 saturated heterocycles. The number of carbonyl (C=O) groups excluding carboxylic acids is 2. The number of anilines is 2. The van der Waals surface area contributed by atoms with Crippen molar-refractivity contribution in [3.63, 3.8) is 0 Å². The van der Waals surface area contributed by atoms with Gasteiger partial charge in [-0.1, -0.05) is 52.0 Å². The van der Waals surface area contributed by atoms with E-state index in [0.717, 1.165) is 54.1 Å². The van der Waals surface area contributed by atoms with E-state index in [0.29, 0.717) is 61.0 Å². The Morgan fingerprint density at radius 2 is 1.65 bits per heavy atom. The second kappa shape index (κ2) is 17.2. The van der Waals surface area contributed by atoms with Crippen LogP contribution in [0.15, 0.2) is 42.5 Å². The number of hydrogen-bond donors (Lipinski definition) is 3. The van der Waals surface area contributed by atoms with Crippen LogP contribution in [0.1, 0.15) is 82.1 Å². The number of likely N-dealkylation sites (N-methyl/N-ethyl adjacent to an activating group) is 1. The molecule has 0 radical (unpaired) electrons. The maximum Gasteiger partial charge on any atom is 0.391 e. The molecule has 6 rings (SSSR count). The van der Waals surface area contributed by atoms with Gasteiger partial charge in [-0.15, -0.1) is 0 Å². The highest BCUT2D eigenvalue weighted by Crippen LogP contribution is 2.44. The average Bonchev–Trinajstić information content (AvgIpc) is 3.77. The molecule has 3 aliphatic heterocycles. The van der Waals surface area contributed by atoms with Crippen LogP contribution in [-0.2, 0) is 11.2 Å². The smallest absolute Gasteiger partial charge is 0.391 e. The summed E-state index contributed by atoms with van der Waals surface area (Å²) in [6.45, 7) is 9.60. The Hall–Kier alpha value is -3.63.